The molecule has 1 fully saturated rings. The molecule has 0 radical (unpaired) electrons. The fourth-order valence-corrected chi connectivity index (χ4v) is 2.66. The highest BCUT2D eigenvalue weighted by molar-refractivity contribution is 5.83. The molecule has 0 aromatic heterocycles. The summed E-state index contributed by atoms with van der Waals surface area (Å²) in [4.78, 5) is 14.5. The Balaban J connectivity index is 1.85. The van der Waals surface area contributed by atoms with E-state index >= 15 is 0 Å². The lowest BCUT2D eigenvalue weighted by atomic mass is 10.1. The molecule has 0 bridgehead atoms. The number of amides is 1. The van der Waals surface area contributed by atoms with E-state index in [4.69, 9.17) is 5.73 Å². The molecule has 1 aliphatic heterocycles. The summed E-state index contributed by atoms with van der Waals surface area (Å²) in [5.41, 5.74) is 8.05. The average molecular weight is 275 g/mol. The third-order valence-corrected chi connectivity index (χ3v) is 3.84. The number of carbonyl (C=O) groups excluding carboxylic acids is 1. The Morgan fingerprint density at radius 2 is 1.90 bits per heavy atom. The first-order chi connectivity index (χ1) is 9.56. The third-order valence-electron chi connectivity index (χ3n) is 3.84. The van der Waals surface area contributed by atoms with E-state index in [0.29, 0.717) is 0 Å². The number of hydrogen-bond donors (Lipinski definition) is 2. The van der Waals surface area contributed by atoms with Crippen molar-refractivity contribution in [3.05, 3.63) is 35.4 Å². The van der Waals surface area contributed by atoms with Crippen molar-refractivity contribution < 1.29 is 4.79 Å². The van der Waals surface area contributed by atoms with Crippen molar-refractivity contribution in [1.82, 2.24) is 10.2 Å². The SMILES string of the molecule is Cc1ccc(C(N)C(=O)NC(C)CN2CCCC2)cc1. The van der Waals surface area contributed by atoms with Gasteiger partial charge in [-0.05, 0) is 45.3 Å². The minimum absolute atomic E-state index is 0.0967. The summed E-state index contributed by atoms with van der Waals surface area (Å²) in [5.74, 6) is -0.0967. The van der Waals surface area contributed by atoms with E-state index in [1.54, 1.807) is 0 Å². The lowest BCUT2D eigenvalue weighted by Gasteiger charge is -2.22. The fraction of sp³-hybridized carbons (Fsp3) is 0.562. The van der Waals surface area contributed by atoms with E-state index in [0.717, 1.165) is 25.2 Å². The Kier molecular flexibility index (Phi) is 5.15. The lowest BCUT2D eigenvalue weighted by Crippen LogP contribution is -2.44. The van der Waals surface area contributed by atoms with Gasteiger partial charge in [-0.2, -0.15) is 0 Å². The Morgan fingerprint density at radius 1 is 1.30 bits per heavy atom. The van der Waals surface area contributed by atoms with Gasteiger partial charge in [-0.3, -0.25) is 4.79 Å². The molecule has 1 aromatic rings. The average Bonchev–Trinajstić information content (AvgIpc) is 2.91. The van der Waals surface area contributed by atoms with Gasteiger partial charge < -0.3 is 16.0 Å². The third kappa shape index (κ3) is 4.05. The van der Waals surface area contributed by atoms with Gasteiger partial charge in [0.25, 0.3) is 0 Å². The quantitative estimate of drug-likeness (QED) is 0.858. The van der Waals surface area contributed by atoms with Gasteiger partial charge in [-0.15, -0.1) is 0 Å². The van der Waals surface area contributed by atoms with Crippen LogP contribution >= 0.6 is 0 Å². The standard InChI is InChI=1S/C16H25N3O/c1-12-5-7-14(8-6-12)15(17)16(20)18-13(2)11-19-9-3-4-10-19/h5-8,13,15H,3-4,9-11,17H2,1-2H3,(H,18,20). The zero-order valence-electron chi connectivity index (χ0n) is 12.4. The van der Waals surface area contributed by atoms with Gasteiger partial charge in [0.1, 0.15) is 6.04 Å². The van der Waals surface area contributed by atoms with Crippen LogP contribution in [0.15, 0.2) is 24.3 Å². The van der Waals surface area contributed by atoms with Gasteiger partial charge in [0.05, 0.1) is 0 Å². The number of benzene rings is 1. The van der Waals surface area contributed by atoms with Crippen LogP contribution in [0.1, 0.15) is 36.9 Å². The first kappa shape index (κ1) is 15.0. The van der Waals surface area contributed by atoms with Crippen molar-refractivity contribution in [2.75, 3.05) is 19.6 Å². The number of likely N-dealkylation sites (tertiary alicyclic amines) is 1. The second-order valence-corrected chi connectivity index (χ2v) is 5.81. The van der Waals surface area contributed by atoms with Crippen molar-refractivity contribution in [3.8, 4) is 0 Å². The van der Waals surface area contributed by atoms with Crippen LogP contribution in [0.3, 0.4) is 0 Å². The second-order valence-electron chi connectivity index (χ2n) is 5.81. The largest absolute Gasteiger partial charge is 0.351 e. The van der Waals surface area contributed by atoms with E-state index < -0.39 is 6.04 Å². The van der Waals surface area contributed by atoms with Crippen molar-refractivity contribution in [2.45, 2.75) is 38.8 Å². The molecular weight excluding hydrogens is 250 g/mol. The molecule has 20 heavy (non-hydrogen) atoms. The molecule has 2 unspecified atom stereocenters. The van der Waals surface area contributed by atoms with Crippen LogP contribution in [0.2, 0.25) is 0 Å². The minimum Gasteiger partial charge on any atom is -0.351 e. The van der Waals surface area contributed by atoms with E-state index in [-0.39, 0.29) is 11.9 Å². The molecule has 1 amide bonds. The summed E-state index contributed by atoms with van der Waals surface area (Å²) >= 11 is 0. The fourth-order valence-electron chi connectivity index (χ4n) is 2.66. The maximum absolute atomic E-state index is 12.2. The number of hydrogen-bond acceptors (Lipinski definition) is 3. The van der Waals surface area contributed by atoms with Gasteiger partial charge in [0.2, 0.25) is 5.91 Å². The highest BCUT2D eigenvalue weighted by atomic mass is 16.2. The maximum Gasteiger partial charge on any atom is 0.241 e. The molecule has 110 valence electrons. The van der Waals surface area contributed by atoms with Crippen LogP contribution in [0, 0.1) is 6.92 Å². The summed E-state index contributed by atoms with van der Waals surface area (Å²) < 4.78 is 0. The van der Waals surface area contributed by atoms with Crippen molar-refractivity contribution in [1.29, 1.82) is 0 Å². The molecule has 0 saturated carbocycles. The molecule has 1 heterocycles. The topological polar surface area (TPSA) is 58.4 Å². The van der Waals surface area contributed by atoms with Crippen molar-refractivity contribution in [2.24, 2.45) is 5.73 Å². The molecule has 4 heteroatoms. The number of rotatable bonds is 5. The number of nitrogens with one attached hydrogen (secondary N) is 1. The zero-order valence-corrected chi connectivity index (χ0v) is 12.4. The predicted octanol–water partition coefficient (Wildman–Crippen LogP) is 1.60. The van der Waals surface area contributed by atoms with Crippen LogP contribution in [0.25, 0.3) is 0 Å². The zero-order chi connectivity index (χ0) is 14.5. The first-order valence-electron chi connectivity index (χ1n) is 7.41. The van der Waals surface area contributed by atoms with E-state index in [1.165, 1.54) is 18.4 Å². The van der Waals surface area contributed by atoms with Crippen LogP contribution in [-0.2, 0) is 4.79 Å². The summed E-state index contributed by atoms with van der Waals surface area (Å²) in [6.07, 6.45) is 2.53. The van der Waals surface area contributed by atoms with Crippen LogP contribution in [0.5, 0.6) is 0 Å². The van der Waals surface area contributed by atoms with Gasteiger partial charge >= 0.3 is 0 Å². The van der Waals surface area contributed by atoms with Gasteiger partial charge in [-0.25, -0.2) is 0 Å². The lowest BCUT2D eigenvalue weighted by molar-refractivity contribution is -0.123. The summed E-state index contributed by atoms with van der Waals surface area (Å²) in [6.45, 7) is 7.26. The highest BCUT2D eigenvalue weighted by Gasteiger charge is 2.20. The molecule has 2 rings (SSSR count). The van der Waals surface area contributed by atoms with E-state index in [9.17, 15) is 4.79 Å². The molecule has 1 saturated heterocycles. The smallest absolute Gasteiger partial charge is 0.241 e. The molecule has 3 N–H and O–H groups in total. The Labute approximate surface area is 121 Å². The van der Waals surface area contributed by atoms with Crippen LogP contribution in [-0.4, -0.2) is 36.5 Å². The van der Waals surface area contributed by atoms with Crippen molar-refractivity contribution >= 4 is 5.91 Å². The van der Waals surface area contributed by atoms with Crippen LogP contribution in [0.4, 0.5) is 0 Å². The number of aryl methyl sites for hydroxylation is 1. The monoisotopic (exact) mass is 275 g/mol. The van der Waals surface area contributed by atoms with E-state index in [2.05, 4.69) is 10.2 Å². The summed E-state index contributed by atoms with van der Waals surface area (Å²) in [6, 6.07) is 7.36. The Bertz CT molecular complexity index is 438. The maximum atomic E-state index is 12.2. The first-order valence-corrected chi connectivity index (χ1v) is 7.41. The molecule has 2 atom stereocenters. The summed E-state index contributed by atoms with van der Waals surface area (Å²) in [5, 5.41) is 3.01. The van der Waals surface area contributed by atoms with Gasteiger partial charge in [0, 0.05) is 12.6 Å². The van der Waals surface area contributed by atoms with Gasteiger partial charge in [0.15, 0.2) is 0 Å². The minimum atomic E-state index is -0.586. The molecule has 1 aliphatic rings. The highest BCUT2D eigenvalue weighted by Crippen LogP contribution is 2.12. The second kappa shape index (κ2) is 6.86. The number of carbonyl (C=O) groups is 1. The molecule has 4 nitrogen and oxygen atoms in total. The van der Waals surface area contributed by atoms with E-state index in [1.807, 2.05) is 38.1 Å². The number of nitrogens with two attached hydrogens (primary N) is 1. The molecule has 1 aromatic carbocycles. The molecule has 0 aliphatic carbocycles. The summed E-state index contributed by atoms with van der Waals surface area (Å²) in [7, 11) is 0. The van der Waals surface area contributed by atoms with Gasteiger partial charge in [-0.1, -0.05) is 29.8 Å². The predicted molar refractivity (Wildman–Crippen MR) is 81.4 cm³/mol. The van der Waals surface area contributed by atoms with Crippen LogP contribution < -0.4 is 11.1 Å². The molecule has 0 spiro atoms. The number of nitrogens with zero attached hydrogens (tertiary/aromatic N) is 1. The Morgan fingerprint density at radius 3 is 2.50 bits per heavy atom. The molecular formula is C16H25N3O. The Hall–Kier alpha value is -1.39. The van der Waals surface area contributed by atoms with Crippen molar-refractivity contribution in [3.63, 3.8) is 0 Å². The normalized spacial score (nSPS) is 18.8.